The minimum atomic E-state index is -0.675. The van der Waals surface area contributed by atoms with Crippen molar-refractivity contribution in [1.29, 1.82) is 0 Å². The minimum Gasteiger partial charge on any atom is -0.357 e. The highest BCUT2D eigenvalue weighted by atomic mass is 79.9. The lowest BCUT2D eigenvalue weighted by Crippen LogP contribution is -2.46. The largest absolute Gasteiger partial charge is 0.357 e. The molecule has 0 saturated heterocycles. The van der Waals surface area contributed by atoms with E-state index in [2.05, 4.69) is 26.6 Å². The van der Waals surface area contributed by atoms with Crippen LogP contribution in [0.15, 0.2) is 22.7 Å². The number of benzene rings is 1. The summed E-state index contributed by atoms with van der Waals surface area (Å²) in [6.45, 7) is 3.89. The third-order valence-electron chi connectivity index (χ3n) is 2.75. The summed E-state index contributed by atoms with van der Waals surface area (Å²) >= 11 is 3.19. The van der Waals surface area contributed by atoms with Gasteiger partial charge in [-0.2, -0.15) is 0 Å². The summed E-state index contributed by atoms with van der Waals surface area (Å²) in [5.74, 6) is -1.28. The van der Waals surface area contributed by atoms with Gasteiger partial charge in [-0.05, 0) is 30.5 Å². The Labute approximate surface area is 126 Å². The Kier molecular flexibility index (Phi) is 6.13. The van der Waals surface area contributed by atoms with E-state index in [0.29, 0.717) is 10.9 Å². The molecule has 2 N–H and O–H groups in total. The molecule has 20 heavy (non-hydrogen) atoms. The van der Waals surface area contributed by atoms with E-state index in [4.69, 9.17) is 0 Å². The monoisotopic (exact) mass is 344 g/mol. The molecule has 0 radical (unpaired) electrons. The molecule has 0 aromatic heterocycles. The Balaban J connectivity index is 2.90. The number of carbonyl (C=O) groups is 2. The third kappa shape index (κ3) is 4.59. The molecule has 2 amide bonds. The fourth-order valence-electron chi connectivity index (χ4n) is 1.78. The summed E-state index contributed by atoms with van der Waals surface area (Å²) in [5.41, 5.74) is -0.0861. The molecule has 0 heterocycles. The van der Waals surface area contributed by atoms with Gasteiger partial charge >= 0.3 is 0 Å². The number of carbonyl (C=O) groups excluding carboxylic acids is 2. The first-order valence-electron chi connectivity index (χ1n) is 6.32. The highest BCUT2D eigenvalue weighted by molar-refractivity contribution is 9.10. The first kappa shape index (κ1) is 16.6. The second-order valence-electron chi connectivity index (χ2n) is 4.89. The van der Waals surface area contributed by atoms with E-state index in [1.807, 2.05) is 13.8 Å². The van der Waals surface area contributed by atoms with Gasteiger partial charge in [-0.3, -0.25) is 9.59 Å². The molecule has 6 heteroatoms. The van der Waals surface area contributed by atoms with Crippen LogP contribution in [0.5, 0.6) is 0 Å². The van der Waals surface area contributed by atoms with Gasteiger partial charge in [0.1, 0.15) is 11.9 Å². The summed E-state index contributed by atoms with van der Waals surface area (Å²) in [4.78, 5) is 23.8. The number of hydrogen-bond donors (Lipinski definition) is 2. The SMILES string of the molecule is CNC(=O)C(CC(C)C)NC(=O)c1cc(Br)ccc1F. The zero-order valence-corrected chi connectivity index (χ0v) is 13.3. The van der Waals surface area contributed by atoms with Crippen molar-refractivity contribution in [2.24, 2.45) is 5.92 Å². The molecule has 0 spiro atoms. The maximum absolute atomic E-state index is 13.6. The van der Waals surface area contributed by atoms with Gasteiger partial charge in [0.25, 0.3) is 5.91 Å². The van der Waals surface area contributed by atoms with Crippen molar-refractivity contribution in [2.75, 3.05) is 7.05 Å². The zero-order chi connectivity index (χ0) is 15.3. The maximum Gasteiger partial charge on any atom is 0.254 e. The Bertz CT molecular complexity index is 506. The molecular formula is C14H18BrFN2O2. The van der Waals surface area contributed by atoms with Crippen molar-refractivity contribution >= 4 is 27.7 Å². The number of amides is 2. The number of likely N-dealkylation sites (N-methyl/N-ethyl adjacent to an activating group) is 1. The molecule has 1 aromatic carbocycles. The van der Waals surface area contributed by atoms with Gasteiger partial charge in [-0.15, -0.1) is 0 Å². The van der Waals surface area contributed by atoms with Crippen LogP contribution < -0.4 is 10.6 Å². The molecule has 1 unspecified atom stereocenters. The molecule has 1 atom stereocenters. The van der Waals surface area contributed by atoms with Crippen LogP contribution in [0, 0.1) is 11.7 Å². The Morgan fingerprint density at radius 3 is 2.55 bits per heavy atom. The maximum atomic E-state index is 13.6. The summed E-state index contributed by atoms with van der Waals surface area (Å²) in [7, 11) is 1.50. The van der Waals surface area contributed by atoms with Gasteiger partial charge in [0.2, 0.25) is 5.91 Å². The molecule has 0 fully saturated rings. The molecule has 0 saturated carbocycles. The molecule has 0 aliphatic heterocycles. The second kappa shape index (κ2) is 7.38. The van der Waals surface area contributed by atoms with Crippen molar-refractivity contribution in [3.8, 4) is 0 Å². The van der Waals surface area contributed by atoms with Crippen LogP contribution in [0.1, 0.15) is 30.6 Å². The number of halogens is 2. The summed E-state index contributed by atoms with van der Waals surface area (Å²) in [6.07, 6.45) is 0.487. The molecule has 0 aliphatic rings. The van der Waals surface area contributed by atoms with Crippen LogP contribution in [0.2, 0.25) is 0 Å². The highest BCUT2D eigenvalue weighted by Crippen LogP contribution is 2.16. The van der Waals surface area contributed by atoms with Crippen LogP contribution in [0.4, 0.5) is 4.39 Å². The molecule has 4 nitrogen and oxygen atoms in total. The second-order valence-corrected chi connectivity index (χ2v) is 5.81. The third-order valence-corrected chi connectivity index (χ3v) is 3.24. The lowest BCUT2D eigenvalue weighted by molar-refractivity contribution is -0.122. The van der Waals surface area contributed by atoms with Crippen LogP contribution in [-0.2, 0) is 4.79 Å². The van der Waals surface area contributed by atoms with Gasteiger partial charge in [0.15, 0.2) is 0 Å². The first-order valence-corrected chi connectivity index (χ1v) is 7.12. The van der Waals surface area contributed by atoms with Crippen molar-refractivity contribution in [1.82, 2.24) is 10.6 Å². The van der Waals surface area contributed by atoms with Gasteiger partial charge in [-0.25, -0.2) is 4.39 Å². The predicted octanol–water partition coefficient (Wildman–Crippen LogP) is 2.48. The van der Waals surface area contributed by atoms with Crippen LogP contribution in [0.25, 0.3) is 0 Å². The van der Waals surface area contributed by atoms with Crippen LogP contribution in [-0.4, -0.2) is 24.9 Å². The minimum absolute atomic E-state index is 0.0861. The molecule has 110 valence electrons. The van der Waals surface area contributed by atoms with Crippen molar-refractivity contribution in [3.63, 3.8) is 0 Å². The van der Waals surface area contributed by atoms with E-state index in [0.717, 1.165) is 0 Å². The van der Waals surface area contributed by atoms with Crippen LogP contribution >= 0.6 is 15.9 Å². The molecular weight excluding hydrogens is 327 g/mol. The Morgan fingerprint density at radius 1 is 1.35 bits per heavy atom. The van der Waals surface area contributed by atoms with E-state index < -0.39 is 17.8 Å². The molecule has 1 aromatic rings. The smallest absolute Gasteiger partial charge is 0.254 e. The lowest BCUT2D eigenvalue weighted by atomic mass is 10.0. The average Bonchev–Trinajstić information content (AvgIpc) is 2.39. The topological polar surface area (TPSA) is 58.2 Å². The predicted molar refractivity (Wildman–Crippen MR) is 78.9 cm³/mol. The van der Waals surface area contributed by atoms with Crippen molar-refractivity contribution < 1.29 is 14.0 Å². The lowest BCUT2D eigenvalue weighted by Gasteiger charge is -2.19. The van der Waals surface area contributed by atoms with Gasteiger partial charge in [0, 0.05) is 11.5 Å². The van der Waals surface area contributed by atoms with E-state index in [1.54, 1.807) is 0 Å². The zero-order valence-electron chi connectivity index (χ0n) is 11.7. The van der Waals surface area contributed by atoms with E-state index in [-0.39, 0.29) is 17.4 Å². The fraction of sp³-hybridized carbons (Fsp3) is 0.429. The number of rotatable bonds is 5. The highest BCUT2D eigenvalue weighted by Gasteiger charge is 2.23. The Morgan fingerprint density at radius 2 is 2.00 bits per heavy atom. The van der Waals surface area contributed by atoms with Gasteiger partial charge in [-0.1, -0.05) is 29.8 Å². The van der Waals surface area contributed by atoms with Crippen molar-refractivity contribution in [3.05, 3.63) is 34.1 Å². The summed E-state index contributed by atoms with van der Waals surface area (Å²) < 4.78 is 14.2. The quantitative estimate of drug-likeness (QED) is 0.861. The molecule has 0 aliphatic carbocycles. The normalized spacial score (nSPS) is 12.1. The molecule has 1 rings (SSSR count). The Hall–Kier alpha value is -1.43. The van der Waals surface area contributed by atoms with E-state index in [9.17, 15) is 14.0 Å². The fourth-order valence-corrected chi connectivity index (χ4v) is 2.15. The average molecular weight is 345 g/mol. The first-order chi connectivity index (χ1) is 9.35. The number of hydrogen-bond acceptors (Lipinski definition) is 2. The standard InChI is InChI=1S/C14H18BrFN2O2/c1-8(2)6-12(14(20)17-3)18-13(19)10-7-9(15)4-5-11(10)16/h4-5,7-8,12H,6H2,1-3H3,(H,17,20)(H,18,19). The van der Waals surface area contributed by atoms with Gasteiger partial charge < -0.3 is 10.6 Å². The van der Waals surface area contributed by atoms with Gasteiger partial charge in [0.05, 0.1) is 5.56 Å². The van der Waals surface area contributed by atoms with Crippen molar-refractivity contribution in [2.45, 2.75) is 26.3 Å². The summed E-state index contributed by atoms with van der Waals surface area (Å²) in [5, 5.41) is 5.07. The molecule has 0 bridgehead atoms. The number of nitrogens with one attached hydrogen (secondary N) is 2. The summed E-state index contributed by atoms with van der Waals surface area (Å²) in [6, 6.07) is 3.43. The van der Waals surface area contributed by atoms with E-state index in [1.165, 1.54) is 25.2 Å². The van der Waals surface area contributed by atoms with E-state index >= 15 is 0 Å². The van der Waals surface area contributed by atoms with Crippen LogP contribution in [0.3, 0.4) is 0 Å².